The summed E-state index contributed by atoms with van der Waals surface area (Å²) in [5.41, 5.74) is 0.872. The number of ether oxygens (including phenoxy) is 1. The quantitative estimate of drug-likeness (QED) is 0.800. The van der Waals surface area contributed by atoms with Crippen LogP contribution in [-0.2, 0) is 23.1 Å². The predicted octanol–water partition coefficient (Wildman–Crippen LogP) is 0.0512. The zero-order valence-corrected chi connectivity index (χ0v) is 12.2. The SMILES string of the molecule is CCN(C(=O)NCc1ccnn1C)C1COCC1C(=O)O. The molecule has 0 aliphatic carbocycles. The molecule has 21 heavy (non-hydrogen) atoms. The molecule has 116 valence electrons. The second-order valence-corrected chi connectivity index (χ2v) is 4.94. The second kappa shape index (κ2) is 6.57. The number of nitrogens with zero attached hydrogens (tertiary/aromatic N) is 3. The molecule has 2 unspecified atom stereocenters. The van der Waals surface area contributed by atoms with E-state index in [0.29, 0.717) is 13.1 Å². The fourth-order valence-corrected chi connectivity index (χ4v) is 2.46. The van der Waals surface area contributed by atoms with Gasteiger partial charge in [-0.1, -0.05) is 0 Å². The van der Waals surface area contributed by atoms with Crippen molar-refractivity contribution in [3.05, 3.63) is 18.0 Å². The van der Waals surface area contributed by atoms with E-state index < -0.39 is 17.9 Å². The Labute approximate surface area is 122 Å². The first-order valence-corrected chi connectivity index (χ1v) is 6.86. The molecule has 2 N–H and O–H groups in total. The standard InChI is InChI=1S/C13H20N4O4/c1-3-17(11-8-21-7-10(11)12(18)19)13(20)14-6-9-4-5-15-16(9)2/h4-5,10-11H,3,6-8H2,1-2H3,(H,14,20)(H,18,19). The van der Waals surface area contributed by atoms with Crippen LogP contribution < -0.4 is 5.32 Å². The first-order chi connectivity index (χ1) is 10.0. The van der Waals surface area contributed by atoms with E-state index in [2.05, 4.69) is 10.4 Å². The lowest BCUT2D eigenvalue weighted by molar-refractivity contribution is -0.142. The van der Waals surface area contributed by atoms with Gasteiger partial charge >= 0.3 is 12.0 Å². The van der Waals surface area contributed by atoms with Crippen LogP contribution in [0.5, 0.6) is 0 Å². The summed E-state index contributed by atoms with van der Waals surface area (Å²) in [4.78, 5) is 25.0. The number of aliphatic carboxylic acids is 1. The smallest absolute Gasteiger partial charge is 0.318 e. The fourth-order valence-electron chi connectivity index (χ4n) is 2.46. The van der Waals surface area contributed by atoms with Crippen molar-refractivity contribution in [3.63, 3.8) is 0 Å². The summed E-state index contributed by atoms with van der Waals surface area (Å²) in [6.45, 7) is 2.99. The number of aryl methyl sites for hydroxylation is 1. The lowest BCUT2D eigenvalue weighted by Gasteiger charge is -2.29. The van der Waals surface area contributed by atoms with Crippen molar-refractivity contribution in [2.24, 2.45) is 13.0 Å². The third-order valence-electron chi connectivity index (χ3n) is 3.71. The van der Waals surface area contributed by atoms with Gasteiger partial charge in [-0.3, -0.25) is 9.48 Å². The number of carbonyl (C=O) groups is 2. The normalized spacial score (nSPS) is 21.2. The maximum Gasteiger partial charge on any atom is 0.318 e. The zero-order chi connectivity index (χ0) is 15.4. The molecule has 1 aromatic heterocycles. The minimum atomic E-state index is -0.935. The first kappa shape index (κ1) is 15.3. The second-order valence-electron chi connectivity index (χ2n) is 4.94. The lowest BCUT2D eigenvalue weighted by Crippen LogP contribution is -2.50. The van der Waals surface area contributed by atoms with Gasteiger partial charge in [0.05, 0.1) is 31.5 Å². The van der Waals surface area contributed by atoms with E-state index in [1.807, 2.05) is 13.0 Å². The summed E-state index contributed by atoms with van der Waals surface area (Å²) >= 11 is 0. The molecule has 8 nitrogen and oxygen atoms in total. The highest BCUT2D eigenvalue weighted by Crippen LogP contribution is 2.20. The van der Waals surface area contributed by atoms with Crippen LogP contribution in [0.1, 0.15) is 12.6 Å². The number of aromatic nitrogens is 2. The molecule has 0 aromatic carbocycles. The van der Waals surface area contributed by atoms with Crippen molar-refractivity contribution in [1.82, 2.24) is 20.0 Å². The minimum Gasteiger partial charge on any atom is -0.481 e. The number of urea groups is 1. The maximum atomic E-state index is 12.3. The number of rotatable bonds is 5. The van der Waals surface area contributed by atoms with Gasteiger partial charge in [0, 0.05) is 19.8 Å². The third kappa shape index (κ3) is 3.33. The van der Waals surface area contributed by atoms with Crippen molar-refractivity contribution >= 4 is 12.0 Å². The Balaban J connectivity index is 1.98. The van der Waals surface area contributed by atoms with Crippen molar-refractivity contribution in [2.45, 2.75) is 19.5 Å². The molecule has 1 aliphatic rings. The van der Waals surface area contributed by atoms with Crippen LogP contribution >= 0.6 is 0 Å². The number of carbonyl (C=O) groups excluding carboxylic acids is 1. The molecule has 0 radical (unpaired) electrons. The van der Waals surface area contributed by atoms with Crippen molar-refractivity contribution in [2.75, 3.05) is 19.8 Å². The van der Waals surface area contributed by atoms with Gasteiger partial charge in [-0.05, 0) is 13.0 Å². The third-order valence-corrected chi connectivity index (χ3v) is 3.71. The Kier molecular flexibility index (Phi) is 4.79. The number of amides is 2. The number of carboxylic acid groups (broad SMARTS) is 1. The summed E-state index contributed by atoms with van der Waals surface area (Å²) in [5, 5.41) is 16.0. The van der Waals surface area contributed by atoms with Gasteiger partial charge < -0.3 is 20.1 Å². The monoisotopic (exact) mass is 296 g/mol. The van der Waals surface area contributed by atoms with Crippen LogP contribution in [0, 0.1) is 5.92 Å². The number of hydrogen-bond donors (Lipinski definition) is 2. The molecule has 1 aromatic rings. The van der Waals surface area contributed by atoms with Gasteiger partial charge in [-0.2, -0.15) is 5.10 Å². The Hall–Kier alpha value is -2.09. The molecule has 2 heterocycles. The molecule has 8 heteroatoms. The summed E-state index contributed by atoms with van der Waals surface area (Å²) in [6, 6.07) is 1.09. The highest BCUT2D eigenvalue weighted by atomic mass is 16.5. The lowest BCUT2D eigenvalue weighted by atomic mass is 10.0. The van der Waals surface area contributed by atoms with Crippen LogP contribution in [0.2, 0.25) is 0 Å². The van der Waals surface area contributed by atoms with Crippen molar-refractivity contribution < 1.29 is 19.4 Å². The van der Waals surface area contributed by atoms with E-state index in [4.69, 9.17) is 4.74 Å². The highest BCUT2D eigenvalue weighted by molar-refractivity contribution is 5.77. The van der Waals surface area contributed by atoms with Gasteiger partial charge in [0.25, 0.3) is 0 Å². The molecule has 0 spiro atoms. The van der Waals surface area contributed by atoms with Gasteiger partial charge in [0.15, 0.2) is 0 Å². The average molecular weight is 296 g/mol. The van der Waals surface area contributed by atoms with Crippen LogP contribution in [0.3, 0.4) is 0 Å². The van der Waals surface area contributed by atoms with Crippen LogP contribution in [0.15, 0.2) is 12.3 Å². The molecule has 1 aliphatic heterocycles. The van der Waals surface area contributed by atoms with Gasteiger partial charge in [0.1, 0.15) is 5.92 Å². The van der Waals surface area contributed by atoms with E-state index in [0.717, 1.165) is 5.69 Å². The molecule has 2 rings (SSSR count). The number of hydrogen-bond acceptors (Lipinski definition) is 4. The summed E-state index contributed by atoms with van der Waals surface area (Å²) < 4.78 is 6.89. The van der Waals surface area contributed by atoms with E-state index >= 15 is 0 Å². The molecule has 2 amide bonds. The summed E-state index contributed by atoms with van der Waals surface area (Å²) in [7, 11) is 1.80. The van der Waals surface area contributed by atoms with Crippen molar-refractivity contribution in [3.8, 4) is 0 Å². The Morgan fingerprint density at radius 1 is 1.57 bits per heavy atom. The molecule has 0 bridgehead atoms. The van der Waals surface area contributed by atoms with Gasteiger partial charge in [0.2, 0.25) is 0 Å². The predicted molar refractivity (Wildman–Crippen MR) is 73.6 cm³/mol. The number of carboxylic acids is 1. The summed E-state index contributed by atoms with van der Waals surface area (Å²) in [6.07, 6.45) is 1.66. The molecule has 1 saturated heterocycles. The fraction of sp³-hybridized carbons (Fsp3) is 0.615. The first-order valence-electron chi connectivity index (χ1n) is 6.86. The van der Waals surface area contributed by atoms with E-state index in [1.54, 1.807) is 17.9 Å². The molecule has 0 saturated carbocycles. The number of likely N-dealkylation sites (N-methyl/N-ethyl adjacent to an activating group) is 1. The average Bonchev–Trinajstić information content (AvgIpc) is 3.06. The van der Waals surface area contributed by atoms with Gasteiger partial charge in [-0.15, -0.1) is 0 Å². The van der Waals surface area contributed by atoms with Crippen LogP contribution in [0.25, 0.3) is 0 Å². The van der Waals surface area contributed by atoms with Crippen LogP contribution in [-0.4, -0.2) is 57.6 Å². The maximum absolute atomic E-state index is 12.3. The Morgan fingerprint density at radius 3 is 2.90 bits per heavy atom. The number of nitrogens with one attached hydrogen (secondary N) is 1. The molecular formula is C13H20N4O4. The Bertz CT molecular complexity index is 516. The molecule has 1 fully saturated rings. The highest BCUT2D eigenvalue weighted by Gasteiger charge is 2.39. The summed E-state index contributed by atoms with van der Waals surface area (Å²) in [5.74, 6) is -1.61. The van der Waals surface area contributed by atoms with E-state index in [9.17, 15) is 14.7 Å². The molecular weight excluding hydrogens is 276 g/mol. The topological polar surface area (TPSA) is 96.7 Å². The van der Waals surface area contributed by atoms with Crippen LogP contribution in [0.4, 0.5) is 4.79 Å². The zero-order valence-electron chi connectivity index (χ0n) is 12.2. The van der Waals surface area contributed by atoms with Crippen molar-refractivity contribution in [1.29, 1.82) is 0 Å². The van der Waals surface area contributed by atoms with E-state index in [-0.39, 0.29) is 19.2 Å². The largest absolute Gasteiger partial charge is 0.481 e. The molecule has 2 atom stereocenters. The Morgan fingerprint density at radius 2 is 2.33 bits per heavy atom. The minimum absolute atomic E-state index is 0.144. The van der Waals surface area contributed by atoms with E-state index in [1.165, 1.54) is 4.90 Å². The van der Waals surface area contributed by atoms with Gasteiger partial charge in [-0.25, -0.2) is 4.79 Å².